The predicted molar refractivity (Wildman–Crippen MR) is 100 cm³/mol. The number of carbonyl (C=O) groups excluding carboxylic acids is 2. The number of nitrogens with zero attached hydrogens (tertiary/aromatic N) is 2. The van der Waals surface area contributed by atoms with Gasteiger partial charge in [0.15, 0.2) is 0 Å². The van der Waals surface area contributed by atoms with Crippen molar-refractivity contribution in [1.82, 2.24) is 9.47 Å². The second-order valence-corrected chi connectivity index (χ2v) is 7.50. The molecule has 0 radical (unpaired) electrons. The van der Waals surface area contributed by atoms with Gasteiger partial charge in [0.05, 0.1) is 18.2 Å². The number of ether oxygens (including phenoxy) is 1. The molecule has 4 rings (SSSR count). The Morgan fingerprint density at radius 3 is 2.77 bits per heavy atom. The number of para-hydroxylation sites is 1. The van der Waals surface area contributed by atoms with Crippen LogP contribution in [0.2, 0.25) is 0 Å². The molecule has 138 valence electrons. The fourth-order valence-electron chi connectivity index (χ4n) is 4.45. The molecule has 5 nitrogen and oxygen atoms in total. The van der Waals surface area contributed by atoms with E-state index >= 15 is 0 Å². The molecule has 1 amide bonds. The van der Waals surface area contributed by atoms with E-state index in [9.17, 15) is 9.59 Å². The number of methoxy groups -OCH3 is 1. The summed E-state index contributed by atoms with van der Waals surface area (Å²) in [4.78, 5) is 26.4. The number of hydrogen-bond acceptors (Lipinski definition) is 3. The van der Waals surface area contributed by atoms with Crippen LogP contribution in [0, 0.1) is 5.92 Å². The summed E-state index contributed by atoms with van der Waals surface area (Å²) in [5.41, 5.74) is 3.45. The van der Waals surface area contributed by atoms with Crippen LogP contribution in [0.4, 0.5) is 0 Å². The van der Waals surface area contributed by atoms with Gasteiger partial charge in [-0.1, -0.05) is 18.2 Å². The minimum atomic E-state index is -0.141. The molecule has 5 heteroatoms. The van der Waals surface area contributed by atoms with Gasteiger partial charge in [-0.15, -0.1) is 0 Å². The smallest absolute Gasteiger partial charge is 0.305 e. The molecule has 0 bridgehead atoms. The van der Waals surface area contributed by atoms with Crippen molar-refractivity contribution in [2.24, 2.45) is 5.92 Å². The SMILES string of the molecule is COC(=O)CCC1CCN(C(=O)c2cn3c4c(cccc24)CCC3)CC1. The minimum absolute atomic E-state index is 0.141. The zero-order valence-electron chi connectivity index (χ0n) is 15.4. The largest absolute Gasteiger partial charge is 0.469 e. The molecule has 1 aromatic heterocycles. The Balaban J connectivity index is 1.46. The van der Waals surface area contributed by atoms with E-state index in [0.29, 0.717) is 12.3 Å². The maximum Gasteiger partial charge on any atom is 0.305 e. The number of piperidine rings is 1. The Morgan fingerprint density at radius 2 is 2.00 bits per heavy atom. The first-order chi connectivity index (χ1) is 12.7. The molecule has 1 aromatic carbocycles. The number of aryl methyl sites for hydroxylation is 2. The minimum Gasteiger partial charge on any atom is -0.469 e. The third-order valence-electron chi connectivity index (χ3n) is 5.94. The second-order valence-electron chi connectivity index (χ2n) is 7.50. The fourth-order valence-corrected chi connectivity index (χ4v) is 4.45. The molecular weight excluding hydrogens is 328 g/mol. The summed E-state index contributed by atoms with van der Waals surface area (Å²) in [5, 5.41) is 1.10. The molecule has 2 aromatic rings. The molecule has 1 saturated heterocycles. The van der Waals surface area contributed by atoms with Crippen LogP contribution >= 0.6 is 0 Å². The molecule has 1 fully saturated rings. The van der Waals surface area contributed by atoms with E-state index in [1.54, 1.807) is 0 Å². The van der Waals surface area contributed by atoms with Gasteiger partial charge in [0, 0.05) is 37.6 Å². The Kier molecular flexibility index (Phi) is 4.70. The number of amides is 1. The van der Waals surface area contributed by atoms with Crippen molar-refractivity contribution in [2.45, 2.75) is 45.1 Å². The highest BCUT2D eigenvalue weighted by atomic mass is 16.5. The van der Waals surface area contributed by atoms with Crippen molar-refractivity contribution < 1.29 is 14.3 Å². The number of likely N-dealkylation sites (tertiary alicyclic amines) is 1. The van der Waals surface area contributed by atoms with Crippen molar-refractivity contribution in [3.63, 3.8) is 0 Å². The number of carbonyl (C=O) groups is 2. The molecule has 26 heavy (non-hydrogen) atoms. The molecule has 2 aliphatic heterocycles. The highest BCUT2D eigenvalue weighted by Gasteiger charge is 2.27. The molecule has 0 N–H and O–H groups in total. The maximum absolute atomic E-state index is 13.1. The van der Waals surface area contributed by atoms with Gasteiger partial charge in [0.2, 0.25) is 0 Å². The Morgan fingerprint density at radius 1 is 1.19 bits per heavy atom. The maximum atomic E-state index is 13.1. The third-order valence-corrected chi connectivity index (χ3v) is 5.94. The molecule has 0 atom stereocenters. The summed E-state index contributed by atoms with van der Waals surface area (Å²) in [6.07, 6.45) is 7.56. The first-order valence-corrected chi connectivity index (χ1v) is 9.64. The number of hydrogen-bond donors (Lipinski definition) is 0. The first kappa shape index (κ1) is 17.1. The van der Waals surface area contributed by atoms with Crippen molar-refractivity contribution in [2.75, 3.05) is 20.2 Å². The van der Waals surface area contributed by atoms with Gasteiger partial charge in [-0.2, -0.15) is 0 Å². The number of aromatic nitrogens is 1. The number of benzene rings is 1. The second kappa shape index (κ2) is 7.14. The van der Waals surface area contributed by atoms with E-state index in [2.05, 4.69) is 29.0 Å². The zero-order chi connectivity index (χ0) is 18.1. The van der Waals surface area contributed by atoms with Crippen LogP contribution in [-0.2, 0) is 22.5 Å². The number of rotatable bonds is 4. The van der Waals surface area contributed by atoms with Crippen LogP contribution in [0.25, 0.3) is 10.9 Å². The lowest BCUT2D eigenvalue weighted by molar-refractivity contribution is -0.141. The molecular formula is C21H26N2O3. The normalized spacial score (nSPS) is 17.5. The van der Waals surface area contributed by atoms with Crippen molar-refractivity contribution in [3.8, 4) is 0 Å². The molecule has 0 aliphatic carbocycles. The Hall–Kier alpha value is -2.30. The van der Waals surface area contributed by atoms with Crippen LogP contribution in [0.3, 0.4) is 0 Å². The third kappa shape index (κ3) is 3.11. The molecule has 0 spiro atoms. The Bertz CT molecular complexity index is 831. The molecule has 0 saturated carbocycles. The van der Waals surface area contributed by atoms with Gasteiger partial charge in [-0.25, -0.2) is 0 Å². The standard InChI is InChI=1S/C21H26N2O3/c1-26-19(24)8-7-15-9-12-22(13-10-15)21(25)18-14-23-11-3-5-16-4-2-6-17(18)20(16)23/h2,4,6,14-15H,3,5,7-13H2,1H3. The number of esters is 1. The van der Waals surface area contributed by atoms with Crippen LogP contribution in [0.15, 0.2) is 24.4 Å². The highest BCUT2D eigenvalue weighted by molar-refractivity contribution is 6.07. The van der Waals surface area contributed by atoms with Crippen LogP contribution in [0.5, 0.6) is 0 Å². The summed E-state index contributed by atoms with van der Waals surface area (Å²) in [7, 11) is 1.43. The summed E-state index contributed by atoms with van der Waals surface area (Å²) >= 11 is 0. The van der Waals surface area contributed by atoms with Gasteiger partial charge < -0.3 is 14.2 Å². The van der Waals surface area contributed by atoms with E-state index in [1.807, 2.05) is 4.90 Å². The topological polar surface area (TPSA) is 51.5 Å². The zero-order valence-corrected chi connectivity index (χ0v) is 15.4. The molecule has 3 heterocycles. The van der Waals surface area contributed by atoms with Crippen molar-refractivity contribution in [1.29, 1.82) is 0 Å². The van der Waals surface area contributed by atoms with Crippen LogP contribution in [-0.4, -0.2) is 41.5 Å². The van der Waals surface area contributed by atoms with Crippen LogP contribution < -0.4 is 0 Å². The van der Waals surface area contributed by atoms with Gasteiger partial charge in [-0.3, -0.25) is 9.59 Å². The van der Waals surface area contributed by atoms with E-state index in [1.165, 1.54) is 18.2 Å². The van der Waals surface area contributed by atoms with Crippen molar-refractivity contribution >= 4 is 22.8 Å². The summed E-state index contributed by atoms with van der Waals surface area (Å²) in [6.45, 7) is 2.55. The molecule has 0 unspecified atom stereocenters. The van der Waals surface area contributed by atoms with E-state index in [-0.39, 0.29) is 11.9 Å². The Labute approximate surface area is 153 Å². The average molecular weight is 354 g/mol. The average Bonchev–Trinajstić information content (AvgIpc) is 3.07. The van der Waals surface area contributed by atoms with E-state index in [4.69, 9.17) is 4.74 Å². The van der Waals surface area contributed by atoms with Gasteiger partial charge in [0.25, 0.3) is 5.91 Å². The van der Waals surface area contributed by atoms with E-state index < -0.39 is 0 Å². The summed E-state index contributed by atoms with van der Waals surface area (Å²) in [5.74, 6) is 0.519. The lowest BCUT2D eigenvalue weighted by atomic mass is 9.92. The van der Waals surface area contributed by atoms with Gasteiger partial charge in [-0.05, 0) is 43.6 Å². The monoisotopic (exact) mass is 354 g/mol. The van der Waals surface area contributed by atoms with Gasteiger partial charge in [0.1, 0.15) is 0 Å². The fraction of sp³-hybridized carbons (Fsp3) is 0.524. The van der Waals surface area contributed by atoms with Gasteiger partial charge >= 0.3 is 5.97 Å². The predicted octanol–water partition coefficient (Wildman–Crippen LogP) is 3.39. The van der Waals surface area contributed by atoms with E-state index in [0.717, 1.165) is 62.7 Å². The summed E-state index contributed by atoms with van der Waals surface area (Å²) < 4.78 is 6.98. The van der Waals surface area contributed by atoms with Crippen LogP contribution in [0.1, 0.15) is 48.0 Å². The van der Waals surface area contributed by atoms with Crippen molar-refractivity contribution in [3.05, 3.63) is 35.5 Å². The molecule has 2 aliphatic rings. The highest BCUT2D eigenvalue weighted by Crippen LogP contribution is 2.31. The lowest BCUT2D eigenvalue weighted by Crippen LogP contribution is -2.38. The lowest BCUT2D eigenvalue weighted by Gasteiger charge is -2.31. The quantitative estimate of drug-likeness (QED) is 0.791. The summed E-state index contributed by atoms with van der Waals surface area (Å²) in [6, 6.07) is 6.33. The first-order valence-electron chi connectivity index (χ1n) is 9.64.